The van der Waals surface area contributed by atoms with Gasteiger partial charge in [-0.15, -0.1) is 0 Å². The van der Waals surface area contributed by atoms with Crippen LogP contribution in [0.2, 0.25) is 5.15 Å². The molecule has 0 unspecified atom stereocenters. The summed E-state index contributed by atoms with van der Waals surface area (Å²) in [5.74, 6) is 1.65. The van der Waals surface area contributed by atoms with E-state index in [0.717, 1.165) is 6.54 Å². The number of nitriles is 1. The van der Waals surface area contributed by atoms with Crippen molar-refractivity contribution in [2.45, 2.75) is 20.8 Å². The van der Waals surface area contributed by atoms with Gasteiger partial charge in [0.2, 0.25) is 0 Å². The fourth-order valence-electron chi connectivity index (χ4n) is 2.32. The third kappa shape index (κ3) is 5.38. The van der Waals surface area contributed by atoms with Gasteiger partial charge < -0.3 is 10.6 Å². The molecule has 0 saturated carbocycles. The van der Waals surface area contributed by atoms with E-state index in [-0.39, 0.29) is 5.41 Å². The molecule has 8 heteroatoms. The molecule has 0 fully saturated rings. The molecule has 3 heterocycles. The van der Waals surface area contributed by atoms with Crippen LogP contribution in [-0.2, 0) is 0 Å². The van der Waals surface area contributed by atoms with Crippen LogP contribution in [0.4, 0.5) is 17.3 Å². The van der Waals surface area contributed by atoms with E-state index < -0.39 is 0 Å². The van der Waals surface area contributed by atoms with Gasteiger partial charge in [0.1, 0.15) is 28.6 Å². The second kappa shape index (κ2) is 8.19. The van der Waals surface area contributed by atoms with Crippen LogP contribution in [-0.4, -0.2) is 26.5 Å². The number of aromatic nitrogens is 4. The molecule has 0 aliphatic heterocycles. The quantitative estimate of drug-likeness (QED) is 0.608. The molecule has 0 aliphatic carbocycles. The van der Waals surface area contributed by atoms with Gasteiger partial charge in [0.15, 0.2) is 5.82 Å². The third-order valence-corrected chi connectivity index (χ3v) is 3.82. The van der Waals surface area contributed by atoms with Gasteiger partial charge in [0.05, 0.1) is 17.4 Å². The fraction of sp³-hybridized carbons (Fsp3) is 0.250. The highest BCUT2D eigenvalue weighted by Gasteiger charge is 2.13. The lowest BCUT2D eigenvalue weighted by Crippen LogP contribution is -2.20. The maximum absolute atomic E-state index is 9.06. The topological polar surface area (TPSA) is 99.4 Å². The Balaban J connectivity index is 1.97. The summed E-state index contributed by atoms with van der Waals surface area (Å²) in [6.45, 7) is 7.15. The smallest absolute Gasteiger partial charge is 0.182 e. The zero-order valence-electron chi connectivity index (χ0n) is 15.9. The van der Waals surface area contributed by atoms with Gasteiger partial charge in [0, 0.05) is 18.8 Å². The Hall–Kier alpha value is -3.24. The minimum atomic E-state index is 0.0814. The highest BCUT2D eigenvalue weighted by Crippen LogP contribution is 2.24. The van der Waals surface area contributed by atoms with Crippen molar-refractivity contribution in [3.63, 3.8) is 0 Å². The van der Waals surface area contributed by atoms with Crippen molar-refractivity contribution in [3.8, 4) is 17.6 Å². The second-order valence-corrected chi connectivity index (χ2v) is 7.81. The molecule has 7 nitrogen and oxygen atoms in total. The number of hydrogen-bond donors (Lipinski definition) is 2. The molecular weight excluding hydrogens is 374 g/mol. The van der Waals surface area contributed by atoms with Crippen LogP contribution in [0.15, 0.2) is 42.7 Å². The monoisotopic (exact) mass is 393 g/mol. The summed E-state index contributed by atoms with van der Waals surface area (Å²) in [4.78, 5) is 17.5. The Morgan fingerprint density at radius 2 is 1.86 bits per heavy atom. The van der Waals surface area contributed by atoms with Gasteiger partial charge >= 0.3 is 0 Å². The Morgan fingerprint density at radius 1 is 1.07 bits per heavy atom. The van der Waals surface area contributed by atoms with Crippen molar-refractivity contribution in [2.75, 3.05) is 17.2 Å². The van der Waals surface area contributed by atoms with Crippen LogP contribution >= 0.6 is 11.6 Å². The zero-order valence-corrected chi connectivity index (χ0v) is 16.6. The summed E-state index contributed by atoms with van der Waals surface area (Å²) in [6.07, 6.45) is 3.13. The Kier molecular flexibility index (Phi) is 5.71. The average Bonchev–Trinajstić information content (AvgIpc) is 2.66. The first-order valence-corrected chi connectivity index (χ1v) is 9.08. The van der Waals surface area contributed by atoms with Crippen LogP contribution < -0.4 is 10.6 Å². The van der Waals surface area contributed by atoms with E-state index in [0.29, 0.717) is 39.6 Å². The van der Waals surface area contributed by atoms with Crippen molar-refractivity contribution < 1.29 is 0 Å². The number of rotatable bonds is 5. The molecule has 28 heavy (non-hydrogen) atoms. The van der Waals surface area contributed by atoms with Crippen LogP contribution in [0, 0.1) is 16.7 Å². The first kappa shape index (κ1) is 19.5. The van der Waals surface area contributed by atoms with E-state index in [9.17, 15) is 0 Å². The summed E-state index contributed by atoms with van der Waals surface area (Å²) in [6, 6.07) is 10.9. The number of hydrogen-bond acceptors (Lipinski definition) is 7. The van der Waals surface area contributed by atoms with Gasteiger partial charge in [-0.3, -0.25) is 4.98 Å². The highest BCUT2D eigenvalue weighted by molar-refractivity contribution is 6.29. The maximum atomic E-state index is 9.06. The van der Waals surface area contributed by atoms with E-state index in [1.165, 1.54) is 6.20 Å². The second-order valence-electron chi connectivity index (χ2n) is 7.42. The van der Waals surface area contributed by atoms with Gasteiger partial charge in [-0.25, -0.2) is 15.0 Å². The van der Waals surface area contributed by atoms with Crippen LogP contribution in [0.5, 0.6) is 0 Å². The van der Waals surface area contributed by atoms with Crippen molar-refractivity contribution in [2.24, 2.45) is 5.41 Å². The van der Waals surface area contributed by atoms with Crippen molar-refractivity contribution in [3.05, 3.63) is 53.4 Å². The molecule has 0 aromatic carbocycles. The van der Waals surface area contributed by atoms with E-state index >= 15 is 0 Å². The minimum absolute atomic E-state index is 0.0814. The summed E-state index contributed by atoms with van der Waals surface area (Å²) in [5, 5.41) is 15.9. The SMILES string of the molecule is CC(C)(C)CNc1cc(Nc2cncc(C#N)c2)nc(-c2cccc(Cl)n2)n1. The van der Waals surface area contributed by atoms with E-state index in [1.54, 1.807) is 36.5 Å². The molecule has 142 valence electrons. The van der Waals surface area contributed by atoms with E-state index in [4.69, 9.17) is 16.9 Å². The van der Waals surface area contributed by atoms with Crippen LogP contribution in [0.25, 0.3) is 11.5 Å². The summed E-state index contributed by atoms with van der Waals surface area (Å²) in [7, 11) is 0. The van der Waals surface area contributed by atoms with Gasteiger partial charge in [0.25, 0.3) is 0 Å². The lowest BCUT2D eigenvalue weighted by Gasteiger charge is -2.19. The minimum Gasteiger partial charge on any atom is -0.369 e. The Morgan fingerprint density at radius 3 is 2.57 bits per heavy atom. The molecule has 0 bridgehead atoms. The van der Waals surface area contributed by atoms with Crippen molar-refractivity contribution >= 4 is 28.9 Å². The number of nitrogens with zero attached hydrogens (tertiary/aromatic N) is 5. The van der Waals surface area contributed by atoms with E-state index in [1.807, 2.05) is 0 Å². The number of pyridine rings is 2. The first-order chi connectivity index (χ1) is 13.3. The number of halogens is 1. The summed E-state index contributed by atoms with van der Waals surface area (Å²) in [5.41, 5.74) is 1.77. The Labute approximate surface area is 168 Å². The van der Waals surface area contributed by atoms with Gasteiger partial charge in [-0.2, -0.15) is 5.26 Å². The Bertz CT molecular complexity index is 1020. The van der Waals surface area contributed by atoms with Gasteiger partial charge in [-0.1, -0.05) is 38.4 Å². The molecule has 2 N–H and O–H groups in total. The zero-order chi connectivity index (χ0) is 20.1. The van der Waals surface area contributed by atoms with Crippen LogP contribution in [0.3, 0.4) is 0 Å². The summed E-state index contributed by atoms with van der Waals surface area (Å²) < 4.78 is 0. The van der Waals surface area contributed by atoms with Crippen molar-refractivity contribution in [1.29, 1.82) is 5.26 Å². The number of nitrogens with one attached hydrogen (secondary N) is 2. The molecule has 3 aromatic heterocycles. The molecule has 3 rings (SSSR count). The predicted molar refractivity (Wildman–Crippen MR) is 110 cm³/mol. The molecule has 0 aliphatic rings. The summed E-state index contributed by atoms with van der Waals surface area (Å²) >= 11 is 6.02. The normalized spacial score (nSPS) is 11.0. The molecule has 3 aromatic rings. The third-order valence-electron chi connectivity index (χ3n) is 3.61. The molecular formula is C20H20ClN7. The number of anilines is 3. The average molecular weight is 394 g/mol. The van der Waals surface area contributed by atoms with Crippen molar-refractivity contribution in [1.82, 2.24) is 19.9 Å². The molecule has 0 atom stereocenters. The highest BCUT2D eigenvalue weighted by atomic mass is 35.5. The predicted octanol–water partition coefficient (Wildman–Crippen LogP) is 4.66. The first-order valence-electron chi connectivity index (χ1n) is 8.70. The van der Waals surface area contributed by atoms with E-state index in [2.05, 4.69) is 57.4 Å². The molecule has 0 saturated heterocycles. The maximum Gasteiger partial charge on any atom is 0.182 e. The molecule has 0 amide bonds. The standard InChI is InChI=1S/C20H20ClN7/c1-20(2,3)12-24-17-8-18(25-14-7-13(9-22)10-23-11-14)28-19(27-17)15-5-4-6-16(21)26-15/h4-8,10-11H,12H2,1-3H3,(H2,24,25,27,28). The molecule has 0 radical (unpaired) electrons. The van der Waals surface area contributed by atoms with Crippen LogP contribution in [0.1, 0.15) is 26.3 Å². The fourth-order valence-corrected chi connectivity index (χ4v) is 2.49. The lowest BCUT2D eigenvalue weighted by atomic mass is 9.97. The molecule has 0 spiro atoms. The van der Waals surface area contributed by atoms with Gasteiger partial charge in [-0.05, 0) is 23.6 Å². The lowest BCUT2D eigenvalue weighted by molar-refractivity contribution is 0.442. The largest absolute Gasteiger partial charge is 0.369 e.